The van der Waals surface area contributed by atoms with Gasteiger partial charge in [-0.15, -0.1) is 0 Å². The maximum atomic E-state index is 13.1. The molecule has 0 aliphatic carbocycles. The number of para-hydroxylation sites is 1. The summed E-state index contributed by atoms with van der Waals surface area (Å²) in [6, 6.07) is 13.4. The molecule has 1 N–H and O–H groups in total. The number of methoxy groups -OCH3 is 1. The molecule has 1 fully saturated rings. The van der Waals surface area contributed by atoms with Gasteiger partial charge in [0.25, 0.3) is 5.69 Å². The fourth-order valence-electron chi connectivity index (χ4n) is 3.11. The molecule has 33 heavy (non-hydrogen) atoms. The maximum Gasteiger partial charge on any atom is 0.296 e. The van der Waals surface area contributed by atoms with Crippen LogP contribution in [0.15, 0.2) is 53.5 Å². The summed E-state index contributed by atoms with van der Waals surface area (Å²) in [6.45, 7) is 1.07. The van der Waals surface area contributed by atoms with E-state index in [1.54, 1.807) is 4.90 Å². The number of nitro groups is 1. The minimum absolute atomic E-state index is 0.0453. The number of benzene rings is 2. The Balaban J connectivity index is 1.76. The molecule has 0 spiro atoms. The Labute approximate surface area is 195 Å². The van der Waals surface area contributed by atoms with Crippen molar-refractivity contribution in [2.45, 2.75) is 11.7 Å². The average molecular weight is 472 g/mol. The molecule has 2 amide bonds. The molecule has 0 saturated carbocycles. The zero-order chi connectivity index (χ0) is 24.0. The molecule has 0 bridgehead atoms. The number of likely N-dealkylation sites (N-methyl/N-ethyl adjacent to an activating group) is 1. The molecule has 10 nitrogen and oxygen atoms in total. The lowest BCUT2D eigenvalue weighted by Crippen LogP contribution is -2.38. The van der Waals surface area contributed by atoms with Crippen molar-refractivity contribution in [1.82, 2.24) is 9.80 Å². The van der Waals surface area contributed by atoms with Crippen molar-refractivity contribution in [2.24, 2.45) is 4.99 Å². The normalized spacial score (nSPS) is 17.0. The van der Waals surface area contributed by atoms with Gasteiger partial charge in [-0.3, -0.25) is 24.6 Å². The number of thioether (sulfide) groups is 1. The van der Waals surface area contributed by atoms with Gasteiger partial charge < -0.3 is 15.0 Å². The summed E-state index contributed by atoms with van der Waals surface area (Å²) in [5, 5.41) is 13.8. The van der Waals surface area contributed by atoms with Gasteiger partial charge in [0.2, 0.25) is 11.8 Å². The third-order valence-electron chi connectivity index (χ3n) is 4.82. The highest BCUT2D eigenvalue weighted by Crippen LogP contribution is 2.33. The second-order valence-electron chi connectivity index (χ2n) is 7.52. The number of hydrogen-bond acceptors (Lipinski definition) is 8. The minimum atomic E-state index is -0.674. The van der Waals surface area contributed by atoms with E-state index in [-0.39, 0.29) is 23.7 Å². The van der Waals surface area contributed by atoms with Crippen molar-refractivity contribution in [3.63, 3.8) is 0 Å². The van der Waals surface area contributed by atoms with Gasteiger partial charge in [0.15, 0.2) is 5.17 Å². The van der Waals surface area contributed by atoms with Gasteiger partial charge in [-0.2, -0.15) is 0 Å². The van der Waals surface area contributed by atoms with Crippen LogP contribution >= 0.6 is 11.8 Å². The van der Waals surface area contributed by atoms with Gasteiger partial charge in [0, 0.05) is 19.5 Å². The van der Waals surface area contributed by atoms with E-state index in [1.165, 1.54) is 37.1 Å². The van der Waals surface area contributed by atoms with Gasteiger partial charge in [-0.25, -0.2) is 4.99 Å². The molecule has 2 aromatic carbocycles. The second-order valence-corrected chi connectivity index (χ2v) is 8.69. The zero-order valence-electron chi connectivity index (χ0n) is 18.6. The number of rotatable bonds is 9. The number of carbonyl (C=O) groups is 2. The molecule has 1 aliphatic heterocycles. The quantitative estimate of drug-likeness (QED) is 0.441. The van der Waals surface area contributed by atoms with Crippen LogP contribution in [0.1, 0.15) is 6.42 Å². The fourth-order valence-corrected chi connectivity index (χ4v) is 4.29. The molecule has 174 valence electrons. The summed E-state index contributed by atoms with van der Waals surface area (Å²) in [5.74, 6) is -0.405. The Morgan fingerprint density at radius 1 is 1.27 bits per heavy atom. The van der Waals surface area contributed by atoms with E-state index < -0.39 is 16.1 Å². The molecule has 2 aromatic rings. The number of aliphatic imine (C=N–C) groups is 1. The van der Waals surface area contributed by atoms with Crippen molar-refractivity contribution >= 4 is 45.8 Å². The third-order valence-corrected chi connectivity index (χ3v) is 5.99. The SMILES string of the molecule is COc1ccc(NC(=O)C[C@@H]2SC(=Nc3ccccc3)N(CCN(C)C)C2=O)c([N+](=O)[O-])c1. The predicted octanol–water partition coefficient (Wildman–Crippen LogP) is 3.13. The molecule has 1 atom stereocenters. The van der Waals surface area contributed by atoms with E-state index in [0.717, 1.165) is 0 Å². The summed E-state index contributed by atoms with van der Waals surface area (Å²) in [7, 11) is 5.22. The van der Waals surface area contributed by atoms with Gasteiger partial charge in [0.05, 0.1) is 23.8 Å². The van der Waals surface area contributed by atoms with Crippen LogP contribution in [-0.2, 0) is 9.59 Å². The summed E-state index contributed by atoms with van der Waals surface area (Å²) in [4.78, 5) is 44.7. The number of nitro benzene ring substituents is 1. The van der Waals surface area contributed by atoms with E-state index in [1.807, 2.05) is 49.3 Å². The van der Waals surface area contributed by atoms with Gasteiger partial charge >= 0.3 is 0 Å². The lowest BCUT2D eigenvalue weighted by atomic mass is 10.2. The smallest absolute Gasteiger partial charge is 0.296 e. The van der Waals surface area contributed by atoms with Crippen LogP contribution in [0.2, 0.25) is 0 Å². The van der Waals surface area contributed by atoms with Crippen molar-refractivity contribution in [3.8, 4) is 5.75 Å². The van der Waals surface area contributed by atoms with E-state index in [4.69, 9.17) is 4.74 Å². The third kappa shape index (κ3) is 6.30. The number of amides is 2. The standard InChI is InChI=1S/C22H25N5O5S/c1-25(2)11-12-26-21(29)19(33-22(26)23-15-7-5-4-6-8-15)14-20(28)24-17-10-9-16(32-3)13-18(17)27(30)31/h4-10,13,19H,11-12,14H2,1-3H3,(H,24,28)/t19-/m0/s1. The topological polar surface area (TPSA) is 117 Å². The highest BCUT2D eigenvalue weighted by molar-refractivity contribution is 8.15. The van der Waals surface area contributed by atoms with E-state index in [9.17, 15) is 19.7 Å². The molecule has 1 aliphatic rings. The summed E-state index contributed by atoms with van der Waals surface area (Å²) in [6.07, 6.45) is -0.140. The van der Waals surface area contributed by atoms with Crippen LogP contribution in [0.5, 0.6) is 5.75 Å². The van der Waals surface area contributed by atoms with Gasteiger partial charge in [0.1, 0.15) is 16.7 Å². The second kappa shape index (κ2) is 10.9. The van der Waals surface area contributed by atoms with Crippen LogP contribution < -0.4 is 10.1 Å². The minimum Gasteiger partial charge on any atom is -0.496 e. The summed E-state index contributed by atoms with van der Waals surface area (Å²) >= 11 is 1.22. The first-order valence-corrected chi connectivity index (χ1v) is 11.0. The largest absolute Gasteiger partial charge is 0.496 e. The Kier molecular flexibility index (Phi) is 8.01. The monoisotopic (exact) mass is 471 g/mol. The number of anilines is 1. The molecule has 3 rings (SSSR count). The van der Waals surface area contributed by atoms with Crippen LogP contribution in [0, 0.1) is 10.1 Å². The fraction of sp³-hybridized carbons (Fsp3) is 0.318. The first kappa shape index (κ1) is 24.2. The summed E-state index contributed by atoms with van der Waals surface area (Å²) < 4.78 is 5.01. The Morgan fingerprint density at radius 3 is 2.64 bits per heavy atom. The van der Waals surface area contributed by atoms with Crippen LogP contribution in [-0.4, -0.2) is 71.2 Å². The average Bonchev–Trinajstić information content (AvgIpc) is 3.06. The van der Waals surface area contributed by atoms with Gasteiger partial charge in [-0.1, -0.05) is 30.0 Å². The van der Waals surface area contributed by atoms with E-state index in [2.05, 4.69) is 10.3 Å². The number of nitrogens with one attached hydrogen (secondary N) is 1. The number of hydrogen-bond donors (Lipinski definition) is 1. The molecular formula is C22H25N5O5S. The van der Waals surface area contributed by atoms with Crippen molar-refractivity contribution in [2.75, 3.05) is 39.6 Å². The Morgan fingerprint density at radius 2 is 2.00 bits per heavy atom. The number of ether oxygens (including phenoxy) is 1. The number of carbonyl (C=O) groups excluding carboxylic acids is 2. The molecule has 11 heteroatoms. The van der Waals surface area contributed by atoms with Crippen LogP contribution in [0.4, 0.5) is 17.1 Å². The molecule has 1 saturated heterocycles. The first-order valence-electron chi connectivity index (χ1n) is 10.2. The highest BCUT2D eigenvalue weighted by atomic mass is 32.2. The summed E-state index contributed by atoms with van der Waals surface area (Å²) in [5.41, 5.74) is 0.470. The van der Waals surface area contributed by atoms with E-state index >= 15 is 0 Å². The first-order chi connectivity index (χ1) is 15.8. The number of nitrogens with zero attached hydrogens (tertiary/aromatic N) is 4. The Hall–Kier alpha value is -3.44. The molecule has 0 aromatic heterocycles. The Bertz CT molecular complexity index is 1060. The predicted molar refractivity (Wildman–Crippen MR) is 128 cm³/mol. The zero-order valence-corrected chi connectivity index (χ0v) is 19.4. The van der Waals surface area contributed by atoms with Gasteiger partial charge in [-0.05, 0) is 38.4 Å². The van der Waals surface area contributed by atoms with Crippen molar-refractivity contribution < 1.29 is 19.2 Å². The van der Waals surface area contributed by atoms with Crippen LogP contribution in [0.25, 0.3) is 0 Å². The highest BCUT2D eigenvalue weighted by Gasteiger charge is 2.39. The van der Waals surface area contributed by atoms with Crippen molar-refractivity contribution in [1.29, 1.82) is 0 Å². The van der Waals surface area contributed by atoms with Crippen molar-refractivity contribution in [3.05, 3.63) is 58.6 Å². The number of amidine groups is 1. The molecular weight excluding hydrogens is 446 g/mol. The molecule has 0 unspecified atom stereocenters. The van der Waals surface area contributed by atoms with E-state index in [0.29, 0.717) is 29.7 Å². The lowest BCUT2D eigenvalue weighted by Gasteiger charge is -2.19. The molecule has 0 radical (unpaired) electrons. The molecule has 1 heterocycles. The lowest BCUT2D eigenvalue weighted by molar-refractivity contribution is -0.384. The van der Waals surface area contributed by atoms with Crippen LogP contribution in [0.3, 0.4) is 0 Å². The maximum absolute atomic E-state index is 13.1.